The predicted octanol–water partition coefficient (Wildman–Crippen LogP) is 0.705. The van der Waals surface area contributed by atoms with Crippen LogP contribution >= 0.6 is 0 Å². The van der Waals surface area contributed by atoms with E-state index in [-0.39, 0.29) is 12.3 Å². The molecule has 8 nitrogen and oxygen atoms in total. The highest BCUT2D eigenvalue weighted by Gasteiger charge is 2.35. The van der Waals surface area contributed by atoms with Gasteiger partial charge in [-0.1, -0.05) is 0 Å². The molecule has 128 valence electrons. The van der Waals surface area contributed by atoms with Crippen LogP contribution in [-0.4, -0.2) is 66.8 Å². The second-order valence-corrected chi connectivity index (χ2v) is 5.16. The van der Waals surface area contributed by atoms with E-state index in [1.807, 2.05) is 6.92 Å². The molecule has 24 heavy (non-hydrogen) atoms. The molecule has 1 aliphatic rings. The average Bonchev–Trinajstić information content (AvgIpc) is 2.80. The quantitative estimate of drug-likeness (QED) is 0.414. The molecule has 3 amide bonds. The zero-order valence-corrected chi connectivity index (χ0v) is 13.5. The van der Waals surface area contributed by atoms with E-state index >= 15 is 0 Å². The summed E-state index contributed by atoms with van der Waals surface area (Å²) in [5.41, 5.74) is 0.374. The van der Waals surface area contributed by atoms with Crippen LogP contribution in [0.25, 0.3) is 0 Å². The van der Waals surface area contributed by atoms with Gasteiger partial charge in [-0.2, -0.15) is 0 Å². The highest BCUT2D eigenvalue weighted by molar-refractivity contribution is 6.04. The van der Waals surface area contributed by atoms with E-state index in [2.05, 4.69) is 0 Å². The van der Waals surface area contributed by atoms with Gasteiger partial charge in [0.15, 0.2) is 12.4 Å². The molecule has 1 aromatic rings. The van der Waals surface area contributed by atoms with Crippen molar-refractivity contribution in [2.24, 2.45) is 0 Å². The fourth-order valence-corrected chi connectivity index (χ4v) is 2.13. The van der Waals surface area contributed by atoms with Crippen LogP contribution in [0.1, 0.15) is 17.3 Å². The number of carbonyl (C=O) groups is 4. The number of benzene rings is 1. The highest BCUT2D eigenvalue weighted by atomic mass is 16.5. The Morgan fingerprint density at radius 1 is 1.17 bits per heavy atom. The maximum atomic E-state index is 12.0. The monoisotopic (exact) mass is 334 g/mol. The lowest BCUT2D eigenvalue weighted by atomic mass is 10.1. The first-order valence-electron chi connectivity index (χ1n) is 7.39. The second kappa shape index (κ2) is 7.58. The third-order valence-electron chi connectivity index (χ3n) is 3.37. The lowest BCUT2D eigenvalue weighted by Gasteiger charge is -2.13. The molecule has 2 rings (SSSR count). The van der Waals surface area contributed by atoms with Crippen LogP contribution in [0.3, 0.4) is 0 Å². The summed E-state index contributed by atoms with van der Waals surface area (Å²) >= 11 is 0. The Hall–Kier alpha value is -2.90. The van der Waals surface area contributed by atoms with Crippen molar-refractivity contribution in [1.29, 1.82) is 0 Å². The Bertz CT molecular complexity index is 655. The number of imide groups is 1. The lowest BCUT2D eigenvalue weighted by molar-refractivity contribution is -0.145. The number of likely N-dealkylation sites (N-methyl/N-ethyl adjacent to an activating group) is 1. The highest BCUT2D eigenvalue weighted by Crippen LogP contribution is 2.13. The predicted molar refractivity (Wildman–Crippen MR) is 82.6 cm³/mol. The van der Waals surface area contributed by atoms with Crippen molar-refractivity contribution in [3.05, 3.63) is 29.8 Å². The van der Waals surface area contributed by atoms with Gasteiger partial charge >= 0.3 is 12.0 Å². The number of ether oxygens (including phenoxy) is 2. The maximum absolute atomic E-state index is 12.0. The number of amides is 3. The normalized spacial score (nSPS) is 14.1. The zero-order valence-electron chi connectivity index (χ0n) is 13.5. The van der Waals surface area contributed by atoms with Gasteiger partial charge < -0.3 is 14.4 Å². The summed E-state index contributed by atoms with van der Waals surface area (Å²) in [6.45, 7) is 1.34. The molecule has 0 aliphatic carbocycles. The molecule has 0 N–H and O–H groups in total. The van der Waals surface area contributed by atoms with Gasteiger partial charge in [-0.05, 0) is 31.2 Å². The van der Waals surface area contributed by atoms with Crippen molar-refractivity contribution in [1.82, 2.24) is 9.80 Å². The Kier molecular flexibility index (Phi) is 5.51. The summed E-state index contributed by atoms with van der Waals surface area (Å²) in [6.07, 6.45) is 0. The molecule has 0 saturated carbocycles. The standard InChI is InChI=1S/C16H18N2O6/c1-3-23-12-6-4-11(5-7-12)13(19)10-24-15(21)9-18-14(20)8-17(2)16(18)22/h4-7H,3,8-10H2,1-2H3. The Morgan fingerprint density at radius 2 is 1.83 bits per heavy atom. The summed E-state index contributed by atoms with van der Waals surface area (Å²) in [4.78, 5) is 48.9. The molecular formula is C16H18N2O6. The Labute approximate surface area is 138 Å². The fraction of sp³-hybridized carbons (Fsp3) is 0.375. The van der Waals surface area contributed by atoms with E-state index in [9.17, 15) is 19.2 Å². The molecular weight excluding hydrogens is 316 g/mol. The smallest absolute Gasteiger partial charge is 0.327 e. The number of ketones is 1. The van der Waals surface area contributed by atoms with E-state index in [4.69, 9.17) is 9.47 Å². The van der Waals surface area contributed by atoms with Crippen molar-refractivity contribution in [2.75, 3.05) is 33.4 Å². The van der Waals surface area contributed by atoms with Gasteiger partial charge in [0.05, 0.1) is 6.61 Å². The summed E-state index contributed by atoms with van der Waals surface area (Å²) in [5.74, 6) is -1.03. The van der Waals surface area contributed by atoms with E-state index in [1.54, 1.807) is 24.3 Å². The molecule has 0 bridgehead atoms. The fourth-order valence-electron chi connectivity index (χ4n) is 2.13. The summed E-state index contributed by atoms with van der Waals surface area (Å²) in [6, 6.07) is 5.88. The summed E-state index contributed by atoms with van der Waals surface area (Å²) < 4.78 is 10.1. The number of esters is 1. The number of hydrogen-bond donors (Lipinski definition) is 0. The Balaban J connectivity index is 1.84. The van der Waals surface area contributed by atoms with Crippen molar-refractivity contribution in [3.63, 3.8) is 0 Å². The first-order chi connectivity index (χ1) is 11.4. The third kappa shape index (κ3) is 4.09. The molecule has 1 heterocycles. The van der Waals surface area contributed by atoms with Crippen LogP contribution in [0.15, 0.2) is 24.3 Å². The van der Waals surface area contributed by atoms with Crippen LogP contribution in [0.2, 0.25) is 0 Å². The number of Topliss-reactive ketones (excluding diaryl/α,β-unsaturated/α-hetero) is 1. The summed E-state index contributed by atoms with van der Waals surface area (Å²) in [7, 11) is 1.46. The number of rotatable bonds is 7. The minimum atomic E-state index is -0.814. The van der Waals surface area contributed by atoms with E-state index in [0.717, 1.165) is 4.90 Å². The van der Waals surface area contributed by atoms with E-state index in [0.29, 0.717) is 17.9 Å². The maximum Gasteiger partial charge on any atom is 0.327 e. The van der Waals surface area contributed by atoms with Gasteiger partial charge in [-0.15, -0.1) is 0 Å². The topological polar surface area (TPSA) is 93.2 Å². The van der Waals surface area contributed by atoms with Gasteiger partial charge in [0.25, 0.3) is 5.91 Å². The SMILES string of the molecule is CCOc1ccc(C(=O)COC(=O)CN2C(=O)CN(C)C2=O)cc1. The molecule has 8 heteroatoms. The molecule has 0 aromatic heterocycles. The van der Waals surface area contributed by atoms with Crippen LogP contribution < -0.4 is 4.74 Å². The molecule has 1 saturated heterocycles. The van der Waals surface area contributed by atoms with Crippen molar-refractivity contribution in [2.45, 2.75) is 6.92 Å². The third-order valence-corrected chi connectivity index (χ3v) is 3.37. The molecule has 1 aliphatic heterocycles. The Morgan fingerprint density at radius 3 is 2.38 bits per heavy atom. The van der Waals surface area contributed by atoms with Gasteiger partial charge in [0.2, 0.25) is 0 Å². The zero-order chi connectivity index (χ0) is 17.7. The number of carbonyl (C=O) groups excluding carboxylic acids is 4. The molecule has 0 radical (unpaired) electrons. The molecule has 0 spiro atoms. The van der Waals surface area contributed by atoms with E-state index in [1.165, 1.54) is 11.9 Å². The molecule has 0 unspecified atom stereocenters. The van der Waals surface area contributed by atoms with Crippen LogP contribution in [-0.2, 0) is 14.3 Å². The van der Waals surface area contributed by atoms with Crippen LogP contribution in [0, 0.1) is 0 Å². The number of urea groups is 1. The minimum absolute atomic E-state index is 0.0722. The molecule has 1 fully saturated rings. The number of nitrogens with zero attached hydrogens (tertiary/aromatic N) is 2. The van der Waals surface area contributed by atoms with Crippen LogP contribution in [0.4, 0.5) is 4.79 Å². The van der Waals surface area contributed by atoms with Crippen molar-refractivity contribution >= 4 is 23.7 Å². The first kappa shape index (κ1) is 17.5. The van der Waals surface area contributed by atoms with Gasteiger partial charge in [0.1, 0.15) is 18.8 Å². The second-order valence-electron chi connectivity index (χ2n) is 5.16. The number of hydrogen-bond acceptors (Lipinski definition) is 6. The van der Waals surface area contributed by atoms with Crippen molar-refractivity contribution < 1.29 is 28.7 Å². The largest absolute Gasteiger partial charge is 0.494 e. The van der Waals surface area contributed by atoms with Crippen LogP contribution in [0.5, 0.6) is 5.75 Å². The minimum Gasteiger partial charge on any atom is -0.494 e. The van der Waals surface area contributed by atoms with E-state index < -0.39 is 31.1 Å². The lowest BCUT2D eigenvalue weighted by Crippen LogP contribution is -2.37. The van der Waals surface area contributed by atoms with Gasteiger partial charge in [0, 0.05) is 12.6 Å². The molecule has 1 aromatic carbocycles. The molecule has 0 atom stereocenters. The first-order valence-corrected chi connectivity index (χ1v) is 7.39. The average molecular weight is 334 g/mol. The summed E-state index contributed by atoms with van der Waals surface area (Å²) in [5, 5.41) is 0. The van der Waals surface area contributed by atoms with Gasteiger partial charge in [-0.25, -0.2) is 4.79 Å². The van der Waals surface area contributed by atoms with Gasteiger partial charge in [-0.3, -0.25) is 19.3 Å². The van der Waals surface area contributed by atoms with Crippen molar-refractivity contribution in [3.8, 4) is 5.75 Å².